The Kier molecular flexibility index (Phi) is 6.93. The number of amides is 2. The highest BCUT2D eigenvalue weighted by Gasteiger charge is 2.33. The summed E-state index contributed by atoms with van der Waals surface area (Å²) in [5.74, 6) is 2.15. The molecule has 1 aliphatic rings. The maximum atomic E-state index is 12.8. The number of rotatable bonds is 8. The molecule has 2 heterocycles. The zero-order valence-electron chi connectivity index (χ0n) is 17.3. The van der Waals surface area contributed by atoms with E-state index >= 15 is 0 Å². The molecule has 0 unspecified atom stereocenters. The molecule has 0 spiro atoms. The Labute approximate surface area is 171 Å². The van der Waals surface area contributed by atoms with Crippen LogP contribution in [0.3, 0.4) is 0 Å². The van der Waals surface area contributed by atoms with Gasteiger partial charge in [-0.2, -0.15) is 0 Å². The van der Waals surface area contributed by atoms with Gasteiger partial charge in [-0.15, -0.1) is 0 Å². The summed E-state index contributed by atoms with van der Waals surface area (Å²) >= 11 is 0. The number of para-hydroxylation sites is 1. The Balaban J connectivity index is 1.68. The van der Waals surface area contributed by atoms with Crippen LogP contribution in [0.15, 0.2) is 40.8 Å². The quantitative estimate of drug-likeness (QED) is 0.737. The third kappa shape index (κ3) is 5.38. The third-order valence-corrected chi connectivity index (χ3v) is 5.07. The first-order chi connectivity index (χ1) is 14.0. The fourth-order valence-electron chi connectivity index (χ4n) is 3.54. The first-order valence-corrected chi connectivity index (χ1v) is 9.99. The molecule has 1 atom stereocenters. The molecule has 156 valence electrons. The van der Waals surface area contributed by atoms with Crippen LogP contribution >= 0.6 is 0 Å². The lowest BCUT2D eigenvalue weighted by molar-refractivity contribution is -0.138. The Hall–Kier alpha value is -2.80. The maximum Gasteiger partial charge on any atom is 0.237 e. The zero-order chi connectivity index (χ0) is 20.8. The first-order valence-electron chi connectivity index (χ1n) is 9.99. The van der Waals surface area contributed by atoms with Gasteiger partial charge >= 0.3 is 0 Å². The standard InChI is InChI=1S/C22H29N3O4/c1-4-28-20-8-6-5-7-17(20)14-25-12-11-23-22(27)19(25)13-21(26)24(3)15-18-10-9-16(2)29-18/h5-10,19H,4,11-15H2,1-3H3,(H,23,27)/t19-/m1/s1. The third-order valence-electron chi connectivity index (χ3n) is 5.07. The van der Waals surface area contributed by atoms with Gasteiger partial charge in [0.05, 0.1) is 25.6 Å². The Morgan fingerprint density at radius 3 is 2.83 bits per heavy atom. The van der Waals surface area contributed by atoms with Gasteiger partial charge in [0.1, 0.15) is 17.3 Å². The second kappa shape index (κ2) is 9.60. The number of piperazine rings is 1. The first kappa shape index (κ1) is 20.9. The number of nitrogens with zero attached hydrogens (tertiary/aromatic N) is 2. The lowest BCUT2D eigenvalue weighted by Gasteiger charge is -2.35. The van der Waals surface area contributed by atoms with E-state index < -0.39 is 6.04 Å². The van der Waals surface area contributed by atoms with Crippen molar-refractivity contribution in [3.05, 3.63) is 53.5 Å². The molecule has 0 radical (unpaired) electrons. The van der Waals surface area contributed by atoms with Crippen LogP contribution in [-0.4, -0.2) is 54.4 Å². The summed E-state index contributed by atoms with van der Waals surface area (Å²) in [4.78, 5) is 29.0. The maximum absolute atomic E-state index is 12.8. The number of ether oxygens (including phenoxy) is 1. The number of carbonyl (C=O) groups excluding carboxylic acids is 2. The molecule has 0 aliphatic carbocycles. The molecule has 1 N–H and O–H groups in total. The van der Waals surface area contributed by atoms with Crippen LogP contribution < -0.4 is 10.1 Å². The van der Waals surface area contributed by atoms with Crippen molar-refractivity contribution in [3.8, 4) is 5.75 Å². The normalized spacial score (nSPS) is 17.1. The molecule has 29 heavy (non-hydrogen) atoms. The van der Waals surface area contributed by atoms with Crippen molar-refractivity contribution in [2.24, 2.45) is 0 Å². The molecule has 7 nitrogen and oxygen atoms in total. The van der Waals surface area contributed by atoms with Crippen LogP contribution in [0.4, 0.5) is 0 Å². The summed E-state index contributed by atoms with van der Waals surface area (Å²) in [5.41, 5.74) is 1.01. The van der Waals surface area contributed by atoms with Gasteiger partial charge in [-0.05, 0) is 32.0 Å². The number of furan rings is 1. The van der Waals surface area contributed by atoms with Gasteiger partial charge in [0.25, 0.3) is 0 Å². The fourth-order valence-corrected chi connectivity index (χ4v) is 3.54. The van der Waals surface area contributed by atoms with Crippen molar-refractivity contribution in [2.45, 2.75) is 39.4 Å². The molecule has 1 aliphatic heterocycles. The molecule has 0 saturated carbocycles. The smallest absolute Gasteiger partial charge is 0.237 e. The number of carbonyl (C=O) groups is 2. The van der Waals surface area contributed by atoms with E-state index in [2.05, 4.69) is 10.2 Å². The molecule has 1 fully saturated rings. The Morgan fingerprint density at radius 1 is 1.31 bits per heavy atom. The zero-order valence-corrected chi connectivity index (χ0v) is 17.3. The van der Waals surface area contributed by atoms with E-state index in [1.54, 1.807) is 11.9 Å². The van der Waals surface area contributed by atoms with Gasteiger partial charge in [0, 0.05) is 32.2 Å². The van der Waals surface area contributed by atoms with E-state index in [0.717, 1.165) is 22.8 Å². The van der Waals surface area contributed by atoms with Crippen LogP contribution in [0.2, 0.25) is 0 Å². The summed E-state index contributed by atoms with van der Waals surface area (Å²) in [6, 6.07) is 11.1. The minimum absolute atomic E-state index is 0.0933. The van der Waals surface area contributed by atoms with Crippen molar-refractivity contribution in [2.75, 3.05) is 26.7 Å². The average Bonchev–Trinajstić information content (AvgIpc) is 3.10. The average molecular weight is 399 g/mol. The number of benzene rings is 1. The summed E-state index contributed by atoms with van der Waals surface area (Å²) in [6.07, 6.45) is 0.124. The summed E-state index contributed by atoms with van der Waals surface area (Å²) in [6.45, 7) is 6.60. The summed E-state index contributed by atoms with van der Waals surface area (Å²) in [7, 11) is 1.73. The number of nitrogens with one attached hydrogen (secondary N) is 1. The van der Waals surface area contributed by atoms with Crippen molar-refractivity contribution < 1.29 is 18.7 Å². The monoisotopic (exact) mass is 399 g/mol. The molecule has 7 heteroatoms. The van der Waals surface area contributed by atoms with Gasteiger partial charge in [-0.25, -0.2) is 0 Å². The van der Waals surface area contributed by atoms with Crippen LogP contribution in [-0.2, 0) is 22.7 Å². The highest BCUT2D eigenvalue weighted by molar-refractivity contribution is 5.88. The Morgan fingerprint density at radius 2 is 2.10 bits per heavy atom. The van der Waals surface area contributed by atoms with E-state index in [4.69, 9.17) is 9.15 Å². The van der Waals surface area contributed by atoms with E-state index in [-0.39, 0.29) is 18.2 Å². The summed E-state index contributed by atoms with van der Waals surface area (Å²) < 4.78 is 11.3. The van der Waals surface area contributed by atoms with Crippen LogP contribution in [0.25, 0.3) is 0 Å². The topological polar surface area (TPSA) is 75.0 Å². The predicted molar refractivity (Wildman–Crippen MR) is 109 cm³/mol. The fraction of sp³-hybridized carbons (Fsp3) is 0.455. The lowest BCUT2D eigenvalue weighted by atomic mass is 10.1. The molecular formula is C22H29N3O4. The number of aryl methyl sites for hydroxylation is 1. The number of hydrogen-bond donors (Lipinski definition) is 1. The highest BCUT2D eigenvalue weighted by atomic mass is 16.5. The molecule has 1 saturated heterocycles. The minimum atomic E-state index is -0.508. The van der Waals surface area contributed by atoms with Gasteiger partial charge in [0.15, 0.2) is 0 Å². The van der Waals surface area contributed by atoms with Gasteiger partial charge in [-0.3, -0.25) is 14.5 Å². The molecule has 2 amide bonds. The molecular weight excluding hydrogens is 370 g/mol. The van der Waals surface area contributed by atoms with E-state index in [9.17, 15) is 9.59 Å². The van der Waals surface area contributed by atoms with E-state index in [0.29, 0.717) is 32.8 Å². The van der Waals surface area contributed by atoms with Crippen molar-refractivity contribution in [3.63, 3.8) is 0 Å². The molecule has 1 aromatic carbocycles. The van der Waals surface area contributed by atoms with Crippen LogP contribution in [0.5, 0.6) is 5.75 Å². The number of hydrogen-bond acceptors (Lipinski definition) is 5. The largest absolute Gasteiger partial charge is 0.494 e. The van der Waals surface area contributed by atoms with Crippen molar-refractivity contribution in [1.82, 2.24) is 15.1 Å². The van der Waals surface area contributed by atoms with Crippen molar-refractivity contribution >= 4 is 11.8 Å². The predicted octanol–water partition coefficient (Wildman–Crippen LogP) is 2.34. The molecule has 2 aromatic rings. The molecule has 1 aromatic heterocycles. The second-order valence-electron chi connectivity index (χ2n) is 7.28. The van der Waals surface area contributed by atoms with Crippen LogP contribution in [0, 0.1) is 6.92 Å². The van der Waals surface area contributed by atoms with Gasteiger partial charge in [0.2, 0.25) is 11.8 Å². The Bertz CT molecular complexity index is 848. The van der Waals surface area contributed by atoms with Crippen LogP contribution in [0.1, 0.15) is 30.4 Å². The SMILES string of the molecule is CCOc1ccccc1CN1CCNC(=O)[C@H]1CC(=O)N(C)Cc1ccc(C)o1. The second-order valence-corrected chi connectivity index (χ2v) is 7.28. The lowest BCUT2D eigenvalue weighted by Crippen LogP contribution is -2.56. The van der Waals surface area contributed by atoms with Crippen molar-refractivity contribution in [1.29, 1.82) is 0 Å². The van der Waals surface area contributed by atoms with E-state index in [1.165, 1.54) is 0 Å². The molecule has 3 rings (SSSR count). The highest BCUT2D eigenvalue weighted by Crippen LogP contribution is 2.23. The van der Waals surface area contributed by atoms with Gasteiger partial charge in [-0.1, -0.05) is 18.2 Å². The van der Waals surface area contributed by atoms with E-state index in [1.807, 2.05) is 50.2 Å². The summed E-state index contributed by atoms with van der Waals surface area (Å²) in [5, 5.41) is 2.88. The molecule has 0 bridgehead atoms. The van der Waals surface area contributed by atoms with Gasteiger partial charge < -0.3 is 19.4 Å². The minimum Gasteiger partial charge on any atom is -0.494 e.